The summed E-state index contributed by atoms with van der Waals surface area (Å²) in [7, 11) is 1.63. The second kappa shape index (κ2) is 13.8. The van der Waals surface area contributed by atoms with E-state index in [0.29, 0.717) is 54.5 Å². The van der Waals surface area contributed by atoms with Crippen LogP contribution in [-0.2, 0) is 21.4 Å². The van der Waals surface area contributed by atoms with Gasteiger partial charge in [-0.05, 0) is 43.0 Å². The Kier molecular flexibility index (Phi) is 9.38. The fourth-order valence-electron chi connectivity index (χ4n) is 6.38. The van der Waals surface area contributed by atoms with Crippen molar-refractivity contribution < 1.29 is 38.0 Å². The summed E-state index contributed by atoms with van der Waals surface area (Å²) in [5, 5.41) is 17.9. The van der Waals surface area contributed by atoms with Gasteiger partial charge >= 0.3 is 12.2 Å². The number of non-ortho nitro benzene ring substituents is 1. The lowest BCUT2D eigenvalue weighted by Crippen LogP contribution is -2.49. The highest BCUT2D eigenvalue weighted by molar-refractivity contribution is 6.09. The van der Waals surface area contributed by atoms with Gasteiger partial charge in [0.2, 0.25) is 5.91 Å². The number of piperidine rings is 1. The van der Waals surface area contributed by atoms with Gasteiger partial charge in [-0.1, -0.05) is 0 Å². The number of imide groups is 1. The summed E-state index contributed by atoms with van der Waals surface area (Å²) < 4.78 is 27.2. The number of hydrogen-bond donors (Lipinski definition) is 1. The summed E-state index contributed by atoms with van der Waals surface area (Å²) in [6.45, 7) is 4.42. The number of nitro groups is 1. The molecule has 2 aromatic carbocycles. The topological polar surface area (TPSA) is 173 Å². The first kappa shape index (κ1) is 32.6. The van der Waals surface area contributed by atoms with E-state index in [0.717, 1.165) is 32.5 Å². The number of likely N-dealkylation sites (tertiary alicyclic amines) is 1. The molecule has 48 heavy (non-hydrogen) atoms. The van der Waals surface area contributed by atoms with E-state index in [2.05, 4.69) is 15.3 Å². The molecule has 0 aliphatic carbocycles. The van der Waals surface area contributed by atoms with Crippen molar-refractivity contribution in [3.63, 3.8) is 0 Å². The van der Waals surface area contributed by atoms with Crippen molar-refractivity contribution >= 4 is 52.1 Å². The van der Waals surface area contributed by atoms with Crippen molar-refractivity contribution in [3.05, 3.63) is 52.3 Å². The molecule has 4 heterocycles. The predicted molar refractivity (Wildman–Crippen MR) is 169 cm³/mol. The predicted octanol–water partition coefficient (Wildman–Crippen LogP) is 2.64. The van der Waals surface area contributed by atoms with Gasteiger partial charge in [-0.3, -0.25) is 39.5 Å². The third-order valence-corrected chi connectivity index (χ3v) is 8.97. The van der Waals surface area contributed by atoms with Crippen LogP contribution in [0.4, 0.5) is 31.2 Å². The zero-order valence-electron chi connectivity index (χ0n) is 26.3. The number of fused-ring (bicyclic) bond motifs is 1. The Balaban J connectivity index is 0.946. The summed E-state index contributed by atoms with van der Waals surface area (Å²) in [4.78, 5) is 66.1. The van der Waals surface area contributed by atoms with Crippen LogP contribution in [0, 0.1) is 21.8 Å². The average molecular weight is 667 g/mol. The number of benzene rings is 2. The van der Waals surface area contributed by atoms with Gasteiger partial charge in [0.25, 0.3) is 11.6 Å². The van der Waals surface area contributed by atoms with Gasteiger partial charge in [-0.25, -0.2) is 14.0 Å². The number of nitrogens with one attached hydrogen (secondary N) is 1. The number of urea groups is 1. The quantitative estimate of drug-likeness (QED) is 0.162. The molecule has 0 bridgehead atoms. The number of carbonyl (C=O) groups excluding carboxylic acids is 4. The van der Waals surface area contributed by atoms with Crippen LogP contribution in [0.15, 0.2) is 36.4 Å². The van der Waals surface area contributed by atoms with Gasteiger partial charge in [-0.15, -0.1) is 0 Å². The molecule has 0 unspecified atom stereocenters. The molecule has 16 nitrogen and oxygen atoms in total. The van der Waals surface area contributed by atoms with E-state index in [4.69, 9.17) is 9.47 Å². The number of aryl methyl sites for hydroxylation is 1. The molecule has 4 amide bonds. The molecule has 254 valence electrons. The molecule has 3 fully saturated rings. The van der Waals surface area contributed by atoms with Crippen LogP contribution < -0.4 is 19.9 Å². The molecule has 3 aromatic rings. The summed E-state index contributed by atoms with van der Waals surface area (Å²) in [6, 6.07) is 7.85. The summed E-state index contributed by atoms with van der Waals surface area (Å²) >= 11 is 0. The zero-order valence-corrected chi connectivity index (χ0v) is 26.3. The normalized spacial score (nSPS) is 17.8. The highest BCUT2D eigenvalue weighted by Gasteiger charge is 2.31. The summed E-state index contributed by atoms with van der Waals surface area (Å²) in [5.74, 6) is -0.310. The number of nitro benzene ring substituents is 1. The first-order chi connectivity index (χ1) is 23.1. The Morgan fingerprint density at radius 2 is 1.73 bits per heavy atom. The van der Waals surface area contributed by atoms with Gasteiger partial charge in [0.05, 0.1) is 10.6 Å². The lowest BCUT2D eigenvalue weighted by Gasteiger charge is -2.39. The van der Waals surface area contributed by atoms with Crippen molar-refractivity contribution in [2.24, 2.45) is 13.0 Å². The van der Waals surface area contributed by atoms with Crippen molar-refractivity contribution in [1.82, 2.24) is 24.9 Å². The Hall–Kier alpha value is -5.32. The molecule has 0 saturated carbocycles. The molecule has 17 heteroatoms. The number of rotatable bonds is 8. The van der Waals surface area contributed by atoms with E-state index >= 15 is 4.39 Å². The van der Waals surface area contributed by atoms with Gasteiger partial charge in [0.15, 0.2) is 18.2 Å². The number of amides is 4. The first-order valence-corrected chi connectivity index (χ1v) is 15.7. The second-order valence-corrected chi connectivity index (χ2v) is 12.0. The standard InChI is InChI=1S/C31H35FN8O8/c1-35-28-23(29(34-35)39-13-10-25(41)33-30(39)43)6-7-24(27(28)32)37-16-14-36(15-17-37)18-20-8-11-38(12-9-20)26(42)19-47-31(44)48-22-4-2-21(3-5-22)40(45)46/h2-7,20H,8-19H2,1H3,(H,33,41,43). The fourth-order valence-corrected chi connectivity index (χ4v) is 6.38. The molecule has 3 aliphatic rings. The molecular formula is C31H35FN8O8. The molecule has 3 aliphatic heterocycles. The minimum atomic E-state index is -1.07. The fraction of sp³-hybridized carbons (Fsp3) is 0.452. The summed E-state index contributed by atoms with van der Waals surface area (Å²) in [5.41, 5.74) is 0.623. The Morgan fingerprint density at radius 3 is 2.40 bits per heavy atom. The Morgan fingerprint density at radius 1 is 1.02 bits per heavy atom. The minimum Gasteiger partial charge on any atom is -0.424 e. The van der Waals surface area contributed by atoms with E-state index in [1.54, 1.807) is 24.1 Å². The SMILES string of the molecule is Cn1nc(N2CCC(=O)NC2=O)c2ccc(N3CCN(CC4CCN(C(=O)COC(=O)Oc5ccc([N+](=O)[O-])cc5)CC4)CC3)c(F)c21. The van der Waals surface area contributed by atoms with Crippen LogP contribution in [0.5, 0.6) is 5.75 Å². The third-order valence-electron chi connectivity index (χ3n) is 8.97. The number of ether oxygens (including phenoxy) is 2. The smallest absolute Gasteiger partial charge is 0.424 e. The van der Waals surface area contributed by atoms with Crippen LogP contribution >= 0.6 is 0 Å². The van der Waals surface area contributed by atoms with Crippen LogP contribution in [0.3, 0.4) is 0 Å². The average Bonchev–Trinajstić information content (AvgIpc) is 3.41. The van der Waals surface area contributed by atoms with Gasteiger partial charge in [0, 0.05) is 83.3 Å². The largest absolute Gasteiger partial charge is 0.514 e. The summed E-state index contributed by atoms with van der Waals surface area (Å²) in [6.07, 6.45) is 0.683. The number of piperazine rings is 1. The van der Waals surface area contributed by atoms with Crippen LogP contribution in [0.25, 0.3) is 10.9 Å². The van der Waals surface area contributed by atoms with E-state index in [9.17, 15) is 29.3 Å². The highest BCUT2D eigenvalue weighted by Crippen LogP contribution is 2.34. The van der Waals surface area contributed by atoms with E-state index in [-0.39, 0.29) is 36.2 Å². The van der Waals surface area contributed by atoms with Crippen molar-refractivity contribution in [2.75, 3.05) is 68.8 Å². The maximum atomic E-state index is 15.9. The maximum absolute atomic E-state index is 15.9. The van der Waals surface area contributed by atoms with Crippen molar-refractivity contribution in [3.8, 4) is 5.75 Å². The van der Waals surface area contributed by atoms with Gasteiger partial charge in [-0.2, -0.15) is 5.10 Å². The third kappa shape index (κ3) is 7.00. The van der Waals surface area contributed by atoms with E-state index < -0.39 is 29.5 Å². The Bertz CT molecular complexity index is 1730. The molecule has 0 spiro atoms. The zero-order chi connectivity index (χ0) is 33.9. The number of halogens is 1. The molecule has 0 radical (unpaired) electrons. The lowest BCUT2D eigenvalue weighted by atomic mass is 9.96. The molecule has 0 atom stereocenters. The molecule has 1 N–H and O–H groups in total. The number of aromatic nitrogens is 2. The first-order valence-electron chi connectivity index (χ1n) is 15.7. The van der Waals surface area contributed by atoms with Crippen molar-refractivity contribution in [1.29, 1.82) is 0 Å². The molecule has 6 rings (SSSR count). The van der Waals surface area contributed by atoms with Crippen LogP contribution in [0.2, 0.25) is 0 Å². The molecule has 1 aromatic heterocycles. The highest BCUT2D eigenvalue weighted by atomic mass is 19.1. The number of nitrogens with zero attached hydrogens (tertiary/aromatic N) is 7. The number of hydrogen-bond acceptors (Lipinski definition) is 11. The van der Waals surface area contributed by atoms with Crippen LogP contribution in [0.1, 0.15) is 19.3 Å². The lowest BCUT2D eigenvalue weighted by molar-refractivity contribution is -0.384. The van der Waals surface area contributed by atoms with E-state index in [1.807, 2.05) is 4.90 Å². The van der Waals surface area contributed by atoms with Crippen molar-refractivity contribution in [2.45, 2.75) is 19.3 Å². The monoisotopic (exact) mass is 666 g/mol. The Labute approximate surface area is 274 Å². The molecular weight excluding hydrogens is 631 g/mol. The minimum absolute atomic E-state index is 0.0679. The van der Waals surface area contributed by atoms with E-state index in [1.165, 1.54) is 33.8 Å². The van der Waals surface area contributed by atoms with Gasteiger partial charge < -0.3 is 19.3 Å². The van der Waals surface area contributed by atoms with Crippen LogP contribution in [-0.4, -0.2) is 107 Å². The molecule has 3 saturated heterocycles. The number of anilines is 2. The second-order valence-electron chi connectivity index (χ2n) is 12.0. The van der Waals surface area contributed by atoms with Gasteiger partial charge in [0.1, 0.15) is 11.3 Å². The number of carbonyl (C=O) groups is 4. The maximum Gasteiger partial charge on any atom is 0.514 e.